The summed E-state index contributed by atoms with van der Waals surface area (Å²) in [5.41, 5.74) is 1.04. The van der Waals surface area contributed by atoms with Crippen LogP contribution in [0.1, 0.15) is 5.56 Å². The summed E-state index contributed by atoms with van der Waals surface area (Å²) < 4.78 is 5.68. The number of phenolic OH excluding ortho intramolecular Hbond substituents is 1. The summed E-state index contributed by atoms with van der Waals surface area (Å²) >= 11 is 3.27. The second kappa shape index (κ2) is 7.54. The summed E-state index contributed by atoms with van der Waals surface area (Å²) in [4.78, 5) is 0. The number of rotatable bonds is 5. The van der Waals surface area contributed by atoms with Gasteiger partial charge in [-0.25, -0.2) is 0 Å². The Morgan fingerprint density at radius 1 is 1.56 bits per heavy atom. The molecule has 3 nitrogen and oxygen atoms in total. The van der Waals surface area contributed by atoms with E-state index >= 15 is 0 Å². The van der Waals surface area contributed by atoms with Crippen LogP contribution in [0.25, 0.3) is 0 Å². The van der Waals surface area contributed by atoms with E-state index in [9.17, 15) is 5.11 Å². The number of nitrogens with one attached hydrogen (secondary N) is 1. The Kier molecular flexibility index (Phi) is 7.21. The van der Waals surface area contributed by atoms with E-state index in [1.54, 1.807) is 12.1 Å². The number of phenols is 1. The highest BCUT2D eigenvalue weighted by atomic mass is 79.9. The topological polar surface area (TPSA) is 41.5 Å². The third-order valence-electron chi connectivity index (χ3n) is 1.93. The van der Waals surface area contributed by atoms with Crippen LogP contribution in [-0.2, 0) is 6.54 Å². The predicted octanol–water partition coefficient (Wildman–Crippen LogP) is 2.86. The number of methoxy groups -OCH3 is 1. The first-order chi connectivity index (χ1) is 7.19. The molecular formula is C11H15BrClNO2. The fourth-order valence-corrected chi connectivity index (χ4v) is 1.69. The van der Waals surface area contributed by atoms with Gasteiger partial charge in [-0.3, -0.25) is 0 Å². The summed E-state index contributed by atoms with van der Waals surface area (Å²) in [6, 6.07) is 3.66. The van der Waals surface area contributed by atoms with Crippen LogP contribution in [0.5, 0.6) is 11.5 Å². The SMILES string of the molecule is C=CCNCc1cc(Br)c(O)c(OC)c1.Cl. The summed E-state index contributed by atoms with van der Waals surface area (Å²) in [5, 5.41) is 12.8. The molecule has 1 aromatic carbocycles. The number of hydrogen-bond donors (Lipinski definition) is 2. The smallest absolute Gasteiger partial charge is 0.172 e. The van der Waals surface area contributed by atoms with Gasteiger partial charge >= 0.3 is 0 Å². The van der Waals surface area contributed by atoms with Gasteiger partial charge in [-0.15, -0.1) is 19.0 Å². The van der Waals surface area contributed by atoms with E-state index in [0.717, 1.165) is 12.1 Å². The zero-order chi connectivity index (χ0) is 11.3. The summed E-state index contributed by atoms with van der Waals surface area (Å²) in [7, 11) is 1.53. The van der Waals surface area contributed by atoms with E-state index in [2.05, 4.69) is 27.8 Å². The number of hydrogen-bond acceptors (Lipinski definition) is 3. The second-order valence-electron chi connectivity index (χ2n) is 3.05. The van der Waals surface area contributed by atoms with Crippen molar-refractivity contribution in [2.24, 2.45) is 0 Å². The minimum absolute atomic E-state index is 0. The zero-order valence-corrected chi connectivity index (χ0v) is 11.4. The van der Waals surface area contributed by atoms with E-state index in [1.165, 1.54) is 7.11 Å². The largest absolute Gasteiger partial charge is 0.503 e. The van der Waals surface area contributed by atoms with Gasteiger partial charge in [0.15, 0.2) is 11.5 Å². The lowest BCUT2D eigenvalue weighted by Gasteiger charge is -2.09. The first kappa shape index (κ1) is 15.3. The van der Waals surface area contributed by atoms with Crippen LogP contribution in [0, 0.1) is 0 Å². The number of aromatic hydroxyl groups is 1. The van der Waals surface area contributed by atoms with Gasteiger partial charge in [0, 0.05) is 13.1 Å². The van der Waals surface area contributed by atoms with Crippen molar-refractivity contribution in [1.29, 1.82) is 0 Å². The quantitative estimate of drug-likeness (QED) is 0.649. The molecule has 0 aliphatic carbocycles. The van der Waals surface area contributed by atoms with Crippen LogP contribution in [0.15, 0.2) is 29.3 Å². The van der Waals surface area contributed by atoms with Crippen LogP contribution in [0.4, 0.5) is 0 Å². The molecule has 0 spiro atoms. The molecule has 1 aromatic rings. The molecular weight excluding hydrogens is 293 g/mol. The molecule has 0 bridgehead atoms. The predicted molar refractivity (Wildman–Crippen MR) is 71.5 cm³/mol. The van der Waals surface area contributed by atoms with Crippen molar-refractivity contribution in [3.8, 4) is 11.5 Å². The van der Waals surface area contributed by atoms with E-state index in [4.69, 9.17) is 4.74 Å². The van der Waals surface area contributed by atoms with Crippen LogP contribution < -0.4 is 10.1 Å². The van der Waals surface area contributed by atoms with Gasteiger partial charge in [0.1, 0.15) is 0 Å². The lowest BCUT2D eigenvalue weighted by atomic mass is 10.2. The number of benzene rings is 1. The third kappa shape index (κ3) is 4.04. The molecule has 0 atom stereocenters. The van der Waals surface area contributed by atoms with Crippen LogP contribution >= 0.6 is 28.3 Å². The fraction of sp³-hybridized carbons (Fsp3) is 0.273. The molecule has 0 heterocycles. The Labute approximate surface area is 110 Å². The highest BCUT2D eigenvalue weighted by Gasteiger charge is 2.07. The maximum atomic E-state index is 9.59. The van der Waals surface area contributed by atoms with Crippen molar-refractivity contribution in [3.63, 3.8) is 0 Å². The fourth-order valence-electron chi connectivity index (χ4n) is 1.20. The Morgan fingerprint density at radius 3 is 2.81 bits per heavy atom. The van der Waals surface area contributed by atoms with Gasteiger partial charge in [0.2, 0.25) is 0 Å². The highest BCUT2D eigenvalue weighted by Crippen LogP contribution is 2.35. The maximum Gasteiger partial charge on any atom is 0.172 e. The van der Waals surface area contributed by atoms with Crippen molar-refractivity contribution in [3.05, 3.63) is 34.8 Å². The van der Waals surface area contributed by atoms with Crippen molar-refractivity contribution >= 4 is 28.3 Å². The molecule has 0 aliphatic heterocycles. The lowest BCUT2D eigenvalue weighted by molar-refractivity contribution is 0.371. The van der Waals surface area contributed by atoms with E-state index in [-0.39, 0.29) is 18.2 Å². The first-order valence-electron chi connectivity index (χ1n) is 4.56. The molecule has 0 amide bonds. The Bertz CT molecular complexity index is 358. The van der Waals surface area contributed by atoms with Gasteiger partial charge in [0.05, 0.1) is 11.6 Å². The van der Waals surface area contributed by atoms with Crippen molar-refractivity contribution in [1.82, 2.24) is 5.32 Å². The molecule has 0 fully saturated rings. The van der Waals surface area contributed by atoms with Crippen molar-refractivity contribution in [2.45, 2.75) is 6.54 Å². The summed E-state index contributed by atoms with van der Waals surface area (Å²) in [6.45, 7) is 5.08. The standard InChI is InChI=1S/C11H14BrNO2.ClH/c1-3-4-13-7-8-5-9(12)11(14)10(6-8)15-2;/h3,5-6,13-14H,1,4,7H2,2H3;1H. The normalized spacial score (nSPS) is 9.38. The van der Waals surface area contributed by atoms with Gasteiger partial charge in [-0.2, -0.15) is 0 Å². The third-order valence-corrected chi connectivity index (χ3v) is 2.53. The summed E-state index contributed by atoms with van der Waals surface area (Å²) in [5.74, 6) is 0.602. The average molecular weight is 309 g/mol. The van der Waals surface area contributed by atoms with Gasteiger partial charge in [-0.1, -0.05) is 6.08 Å². The lowest BCUT2D eigenvalue weighted by Crippen LogP contribution is -2.12. The minimum atomic E-state index is 0. The van der Waals surface area contributed by atoms with E-state index < -0.39 is 0 Å². The monoisotopic (exact) mass is 307 g/mol. The maximum absolute atomic E-state index is 9.59. The molecule has 5 heteroatoms. The van der Waals surface area contributed by atoms with Crippen molar-refractivity contribution in [2.75, 3.05) is 13.7 Å². The molecule has 0 saturated carbocycles. The second-order valence-corrected chi connectivity index (χ2v) is 3.90. The Morgan fingerprint density at radius 2 is 2.25 bits per heavy atom. The zero-order valence-electron chi connectivity index (χ0n) is 9.00. The van der Waals surface area contributed by atoms with Crippen LogP contribution in [0.3, 0.4) is 0 Å². The molecule has 90 valence electrons. The molecule has 0 unspecified atom stereocenters. The Balaban J connectivity index is 0.00000225. The molecule has 16 heavy (non-hydrogen) atoms. The van der Waals surface area contributed by atoms with Crippen molar-refractivity contribution < 1.29 is 9.84 Å². The average Bonchev–Trinajstić information content (AvgIpc) is 2.23. The van der Waals surface area contributed by atoms with Gasteiger partial charge < -0.3 is 15.2 Å². The Hall–Kier alpha value is -0.710. The molecule has 0 saturated heterocycles. The van der Waals surface area contributed by atoms with Gasteiger partial charge in [0.25, 0.3) is 0 Å². The van der Waals surface area contributed by atoms with Crippen LogP contribution in [0.2, 0.25) is 0 Å². The van der Waals surface area contributed by atoms with E-state index in [0.29, 0.717) is 16.8 Å². The minimum Gasteiger partial charge on any atom is -0.503 e. The molecule has 0 aliphatic rings. The molecule has 0 aromatic heterocycles. The van der Waals surface area contributed by atoms with Crippen LogP contribution in [-0.4, -0.2) is 18.8 Å². The molecule has 2 N–H and O–H groups in total. The van der Waals surface area contributed by atoms with E-state index in [1.807, 2.05) is 6.07 Å². The van der Waals surface area contributed by atoms with Gasteiger partial charge in [-0.05, 0) is 33.6 Å². The number of halogens is 2. The molecule has 1 rings (SSSR count). The number of ether oxygens (including phenoxy) is 1. The first-order valence-corrected chi connectivity index (χ1v) is 5.35. The summed E-state index contributed by atoms with van der Waals surface area (Å²) in [6.07, 6.45) is 1.80. The highest BCUT2D eigenvalue weighted by molar-refractivity contribution is 9.10. The molecule has 0 radical (unpaired) electrons.